The maximum absolute atomic E-state index is 5.93. The van der Waals surface area contributed by atoms with E-state index in [9.17, 15) is 0 Å². The third-order valence-electron chi connectivity index (χ3n) is 3.69. The molecular weight excluding hydrogens is 328 g/mol. The van der Waals surface area contributed by atoms with Crippen LogP contribution in [0.2, 0.25) is 0 Å². The number of benzene rings is 2. The summed E-state index contributed by atoms with van der Waals surface area (Å²) in [5.74, 6) is 2.65. The third-order valence-corrected chi connectivity index (χ3v) is 4.19. The number of rotatable bonds is 1. The zero-order valence-corrected chi connectivity index (χ0v) is 13.3. The molecule has 0 saturated carbocycles. The Balaban J connectivity index is 2.21. The summed E-state index contributed by atoms with van der Waals surface area (Å²) in [6, 6.07) is 14.5. The zero-order valence-electron chi connectivity index (χ0n) is 11.7. The van der Waals surface area contributed by atoms with Gasteiger partial charge in [0.1, 0.15) is 22.9 Å². The van der Waals surface area contributed by atoms with Crippen LogP contribution in [0.1, 0.15) is 11.5 Å². The smallest absolute Gasteiger partial charge is 0.145 e. The van der Waals surface area contributed by atoms with Crippen molar-refractivity contribution in [2.45, 2.75) is 13.8 Å². The van der Waals surface area contributed by atoms with Crippen molar-refractivity contribution in [2.24, 2.45) is 0 Å². The van der Waals surface area contributed by atoms with E-state index >= 15 is 0 Å². The van der Waals surface area contributed by atoms with E-state index in [0.717, 1.165) is 43.7 Å². The highest BCUT2D eigenvalue weighted by molar-refractivity contribution is 9.10. The van der Waals surface area contributed by atoms with E-state index in [-0.39, 0.29) is 0 Å². The molecule has 0 unspecified atom stereocenters. The Hall–Kier alpha value is -2.00. The number of hydrogen-bond acceptors (Lipinski definition) is 2. The number of furan rings is 2. The molecule has 104 valence electrons. The first-order valence-electron chi connectivity index (χ1n) is 6.81. The van der Waals surface area contributed by atoms with Crippen molar-refractivity contribution in [3.8, 4) is 11.3 Å². The summed E-state index contributed by atoms with van der Waals surface area (Å²) in [5.41, 5.74) is 1.91. The number of halogens is 1. The molecule has 0 fully saturated rings. The molecule has 0 atom stereocenters. The summed E-state index contributed by atoms with van der Waals surface area (Å²) in [6.45, 7) is 3.92. The Morgan fingerprint density at radius 3 is 2.43 bits per heavy atom. The van der Waals surface area contributed by atoms with Crippen LogP contribution in [0.3, 0.4) is 0 Å². The lowest BCUT2D eigenvalue weighted by atomic mass is 10.00. The molecule has 3 heteroatoms. The fraction of sp³-hybridized carbons (Fsp3) is 0.111. The highest BCUT2D eigenvalue weighted by Crippen LogP contribution is 2.39. The summed E-state index contributed by atoms with van der Waals surface area (Å²) in [6.07, 6.45) is 0. The van der Waals surface area contributed by atoms with Crippen molar-refractivity contribution in [2.75, 3.05) is 0 Å². The molecule has 0 bridgehead atoms. The van der Waals surface area contributed by atoms with Gasteiger partial charge < -0.3 is 8.83 Å². The molecule has 0 saturated heterocycles. The first kappa shape index (κ1) is 12.7. The average Bonchev–Trinajstić information content (AvgIpc) is 3.00. The molecule has 0 N–H and O–H groups in total. The molecule has 0 amide bonds. The quantitative estimate of drug-likeness (QED) is 0.410. The van der Waals surface area contributed by atoms with Gasteiger partial charge in [-0.15, -0.1) is 0 Å². The van der Waals surface area contributed by atoms with Crippen LogP contribution >= 0.6 is 15.9 Å². The van der Waals surface area contributed by atoms with Crippen LogP contribution < -0.4 is 0 Å². The van der Waals surface area contributed by atoms with Gasteiger partial charge in [-0.25, -0.2) is 0 Å². The molecule has 0 aliphatic carbocycles. The molecule has 0 radical (unpaired) electrons. The van der Waals surface area contributed by atoms with E-state index < -0.39 is 0 Å². The second-order valence-electron chi connectivity index (χ2n) is 5.30. The van der Waals surface area contributed by atoms with E-state index in [2.05, 4.69) is 40.2 Å². The first-order chi connectivity index (χ1) is 10.1. The van der Waals surface area contributed by atoms with Crippen LogP contribution in [0, 0.1) is 13.8 Å². The fourth-order valence-electron chi connectivity index (χ4n) is 2.82. The van der Waals surface area contributed by atoms with Crippen molar-refractivity contribution < 1.29 is 8.83 Å². The lowest BCUT2D eigenvalue weighted by Gasteiger charge is -2.06. The largest absolute Gasteiger partial charge is 0.461 e. The molecule has 21 heavy (non-hydrogen) atoms. The molecule has 2 aromatic carbocycles. The summed E-state index contributed by atoms with van der Waals surface area (Å²) < 4.78 is 12.8. The van der Waals surface area contributed by atoms with Gasteiger partial charge in [0.15, 0.2) is 0 Å². The maximum Gasteiger partial charge on any atom is 0.145 e. The third kappa shape index (κ3) is 2.00. The van der Waals surface area contributed by atoms with Gasteiger partial charge in [0.2, 0.25) is 0 Å². The van der Waals surface area contributed by atoms with Gasteiger partial charge in [0.25, 0.3) is 0 Å². The molecule has 4 rings (SSSR count). The van der Waals surface area contributed by atoms with Crippen molar-refractivity contribution in [1.82, 2.24) is 0 Å². The average molecular weight is 341 g/mol. The molecule has 0 aliphatic heterocycles. The Bertz CT molecular complexity index is 976. The second kappa shape index (κ2) is 4.50. The Morgan fingerprint density at radius 2 is 1.67 bits per heavy atom. The van der Waals surface area contributed by atoms with Crippen LogP contribution in [-0.4, -0.2) is 0 Å². The van der Waals surface area contributed by atoms with Gasteiger partial charge >= 0.3 is 0 Å². The molecule has 2 nitrogen and oxygen atoms in total. The topological polar surface area (TPSA) is 26.3 Å². The second-order valence-corrected chi connectivity index (χ2v) is 6.22. The number of fused-ring (bicyclic) bond motifs is 2. The highest BCUT2D eigenvalue weighted by atomic mass is 79.9. The Morgan fingerprint density at radius 1 is 0.810 bits per heavy atom. The van der Waals surface area contributed by atoms with Crippen LogP contribution in [0.15, 0.2) is 55.8 Å². The van der Waals surface area contributed by atoms with E-state index in [1.165, 1.54) is 5.39 Å². The minimum absolute atomic E-state index is 0.847. The van der Waals surface area contributed by atoms with Crippen LogP contribution in [0.4, 0.5) is 0 Å². The van der Waals surface area contributed by atoms with Crippen molar-refractivity contribution in [3.05, 3.63) is 58.5 Å². The summed E-state index contributed by atoms with van der Waals surface area (Å²) in [4.78, 5) is 0. The van der Waals surface area contributed by atoms with Gasteiger partial charge in [-0.2, -0.15) is 0 Å². The normalized spacial score (nSPS) is 11.6. The summed E-state index contributed by atoms with van der Waals surface area (Å²) >= 11 is 3.54. The summed E-state index contributed by atoms with van der Waals surface area (Å²) in [7, 11) is 0. The first-order valence-corrected chi connectivity index (χ1v) is 7.60. The Labute approximate surface area is 130 Å². The minimum atomic E-state index is 0.847. The predicted molar refractivity (Wildman–Crippen MR) is 88.6 cm³/mol. The molecular formula is C18H13BrO2. The van der Waals surface area contributed by atoms with Crippen LogP contribution in [0.5, 0.6) is 0 Å². The Kier molecular flexibility index (Phi) is 2.73. The van der Waals surface area contributed by atoms with E-state index in [4.69, 9.17) is 8.83 Å². The molecule has 4 aromatic rings. The summed E-state index contributed by atoms with van der Waals surface area (Å²) in [5, 5.41) is 3.40. The molecule has 0 aliphatic rings. The lowest BCUT2D eigenvalue weighted by Crippen LogP contribution is -1.82. The highest BCUT2D eigenvalue weighted by Gasteiger charge is 2.16. The van der Waals surface area contributed by atoms with Crippen LogP contribution in [-0.2, 0) is 0 Å². The molecule has 0 spiro atoms. The van der Waals surface area contributed by atoms with Gasteiger partial charge in [-0.1, -0.05) is 22.0 Å². The van der Waals surface area contributed by atoms with Gasteiger partial charge in [0.05, 0.1) is 5.56 Å². The number of aryl methyl sites for hydroxylation is 2. The van der Waals surface area contributed by atoms with E-state index in [1.807, 2.05) is 32.0 Å². The fourth-order valence-corrected chi connectivity index (χ4v) is 3.20. The van der Waals surface area contributed by atoms with Gasteiger partial charge in [0, 0.05) is 9.86 Å². The van der Waals surface area contributed by atoms with Gasteiger partial charge in [-0.05, 0) is 61.0 Å². The van der Waals surface area contributed by atoms with Crippen molar-refractivity contribution >= 4 is 37.7 Å². The molecule has 2 heterocycles. The van der Waals surface area contributed by atoms with Crippen molar-refractivity contribution in [1.29, 1.82) is 0 Å². The van der Waals surface area contributed by atoms with E-state index in [1.54, 1.807) is 0 Å². The lowest BCUT2D eigenvalue weighted by molar-refractivity contribution is 0.544. The maximum atomic E-state index is 5.93. The van der Waals surface area contributed by atoms with Gasteiger partial charge in [-0.3, -0.25) is 0 Å². The monoisotopic (exact) mass is 340 g/mol. The molecule has 2 aromatic heterocycles. The van der Waals surface area contributed by atoms with E-state index in [0.29, 0.717) is 0 Å². The predicted octanol–water partition coefficient (Wildman–Crippen LogP) is 6.23. The minimum Gasteiger partial charge on any atom is -0.461 e. The number of hydrogen-bond donors (Lipinski definition) is 0. The standard InChI is InChI=1S/C18H13BrO2/c1-10-3-6-16(20-10)17-15-5-4-14(19)9-12(15)8-13-7-11(2)21-18(13)17/h3-9H,1-2H3. The van der Waals surface area contributed by atoms with Crippen molar-refractivity contribution in [3.63, 3.8) is 0 Å². The zero-order chi connectivity index (χ0) is 14.6. The SMILES string of the molecule is Cc1ccc(-c2c3ccc(Br)cc3cc3cc(C)oc23)o1. The van der Waals surface area contributed by atoms with Crippen LogP contribution in [0.25, 0.3) is 33.1 Å².